The molecule has 2 aromatic rings. The average molecular weight is 258 g/mol. The van der Waals surface area contributed by atoms with Crippen molar-refractivity contribution in [3.05, 3.63) is 46.0 Å². The minimum atomic E-state index is -0.374. The Bertz CT molecular complexity index is 648. The third kappa shape index (κ3) is 2.14. The van der Waals surface area contributed by atoms with Crippen molar-refractivity contribution in [2.45, 2.75) is 32.6 Å². The number of fused-ring (bicyclic) bond motifs is 1. The summed E-state index contributed by atoms with van der Waals surface area (Å²) in [5, 5.41) is 12.6. The second-order valence-corrected chi connectivity index (χ2v) is 5.40. The van der Waals surface area contributed by atoms with Crippen LogP contribution in [0, 0.1) is 10.1 Å². The summed E-state index contributed by atoms with van der Waals surface area (Å²) in [6, 6.07) is 8.87. The van der Waals surface area contributed by atoms with Crippen LogP contribution in [0.1, 0.15) is 32.8 Å². The van der Waals surface area contributed by atoms with Crippen molar-refractivity contribution < 1.29 is 4.92 Å². The molecule has 19 heavy (non-hydrogen) atoms. The van der Waals surface area contributed by atoms with Crippen LogP contribution in [0.5, 0.6) is 0 Å². The monoisotopic (exact) mass is 258 g/mol. The molecule has 0 aliphatic heterocycles. The zero-order chi connectivity index (χ0) is 14.2. The molecule has 0 saturated carbocycles. The summed E-state index contributed by atoms with van der Waals surface area (Å²) in [6.07, 6.45) is 0.953. The van der Waals surface area contributed by atoms with Gasteiger partial charge in [-0.2, -0.15) is 0 Å². The summed E-state index contributed by atoms with van der Waals surface area (Å²) >= 11 is 0. The quantitative estimate of drug-likeness (QED) is 0.513. The Hall–Kier alpha value is -2.10. The number of anilines is 1. The normalized spacial score (nSPS) is 11.7. The van der Waals surface area contributed by atoms with Crippen LogP contribution in [0.3, 0.4) is 0 Å². The smallest absolute Gasteiger partial charge is 0.279 e. The maximum atomic E-state index is 11.1. The van der Waals surface area contributed by atoms with Gasteiger partial charge in [-0.3, -0.25) is 10.1 Å². The van der Waals surface area contributed by atoms with E-state index in [9.17, 15) is 10.1 Å². The summed E-state index contributed by atoms with van der Waals surface area (Å²) in [7, 11) is 0. The molecule has 100 valence electrons. The molecule has 2 N–H and O–H groups in total. The molecule has 2 aromatic carbocycles. The molecule has 0 amide bonds. The molecule has 0 atom stereocenters. The molecule has 0 aliphatic rings. The Morgan fingerprint density at radius 2 is 1.95 bits per heavy atom. The number of hydrogen-bond donors (Lipinski definition) is 1. The predicted octanol–water partition coefficient (Wildman–Crippen LogP) is 4.02. The highest BCUT2D eigenvalue weighted by Crippen LogP contribution is 2.38. The fourth-order valence-corrected chi connectivity index (χ4v) is 2.35. The van der Waals surface area contributed by atoms with Gasteiger partial charge in [0, 0.05) is 11.8 Å². The summed E-state index contributed by atoms with van der Waals surface area (Å²) in [5.74, 6) is 0. The van der Waals surface area contributed by atoms with Gasteiger partial charge in [0.2, 0.25) is 0 Å². The lowest BCUT2D eigenvalue weighted by Gasteiger charge is -2.25. The number of hydrogen-bond acceptors (Lipinski definition) is 3. The van der Waals surface area contributed by atoms with Gasteiger partial charge in [0.15, 0.2) is 0 Å². The van der Waals surface area contributed by atoms with Crippen LogP contribution >= 0.6 is 0 Å². The second-order valence-electron chi connectivity index (χ2n) is 5.40. The van der Waals surface area contributed by atoms with Gasteiger partial charge < -0.3 is 5.73 Å². The first-order valence-corrected chi connectivity index (χ1v) is 6.34. The Kier molecular flexibility index (Phi) is 3.18. The third-order valence-electron chi connectivity index (χ3n) is 3.86. The molecule has 0 bridgehead atoms. The van der Waals surface area contributed by atoms with E-state index in [4.69, 9.17) is 5.73 Å². The van der Waals surface area contributed by atoms with Crippen molar-refractivity contribution in [2.75, 3.05) is 5.73 Å². The number of rotatable bonds is 3. The lowest BCUT2D eigenvalue weighted by molar-refractivity contribution is -0.383. The molecular formula is C15H18N2O2. The number of nitrogens with two attached hydrogens (primary N) is 1. The van der Waals surface area contributed by atoms with E-state index in [0.717, 1.165) is 17.4 Å². The van der Waals surface area contributed by atoms with Crippen LogP contribution in [0.4, 0.5) is 11.4 Å². The number of nitrogen functional groups attached to an aromatic ring is 1. The molecule has 4 nitrogen and oxygen atoms in total. The van der Waals surface area contributed by atoms with Crippen LogP contribution in [0.15, 0.2) is 30.3 Å². The molecule has 0 aliphatic carbocycles. The minimum Gasteiger partial charge on any atom is -0.398 e. The maximum Gasteiger partial charge on any atom is 0.279 e. The Morgan fingerprint density at radius 1 is 1.26 bits per heavy atom. The fourth-order valence-electron chi connectivity index (χ4n) is 2.35. The lowest BCUT2D eigenvalue weighted by atomic mass is 9.79. The second kappa shape index (κ2) is 4.53. The van der Waals surface area contributed by atoms with E-state index in [1.54, 1.807) is 12.1 Å². The molecule has 0 heterocycles. The molecule has 0 aromatic heterocycles. The Labute approximate surface area is 112 Å². The minimum absolute atomic E-state index is 0.0405. The van der Waals surface area contributed by atoms with E-state index >= 15 is 0 Å². The highest BCUT2D eigenvalue weighted by molar-refractivity contribution is 6.02. The molecule has 0 fully saturated rings. The SMILES string of the molecule is CCC(C)(C)c1ccc(N)c2c([N+](=O)[O-])cccc12. The molecule has 0 radical (unpaired) electrons. The first-order chi connectivity index (χ1) is 8.88. The van der Waals surface area contributed by atoms with Gasteiger partial charge in [0.1, 0.15) is 0 Å². The first kappa shape index (κ1) is 13.3. The van der Waals surface area contributed by atoms with Gasteiger partial charge in [0.05, 0.1) is 10.3 Å². The van der Waals surface area contributed by atoms with E-state index in [0.29, 0.717) is 11.1 Å². The van der Waals surface area contributed by atoms with Crippen molar-refractivity contribution in [3.63, 3.8) is 0 Å². The van der Waals surface area contributed by atoms with Gasteiger partial charge >= 0.3 is 0 Å². The number of nitrogens with zero attached hydrogens (tertiary/aromatic N) is 1. The van der Waals surface area contributed by atoms with Crippen molar-refractivity contribution >= 4 is 22.1 Å². The summed E-state index contributed by atoms with van der Waals surface area (Å²) < 4.78 is 0. The predicted molar refractivity (Wildman–Crippen MR) is 78.3 cm³/mol. The highest BCUT2D eigenvalue weighted by Gasteiger charge is 2.24. The van der Waals surface area contributed by atoms with Gasteiger partial charge in [-0.25, -0.2) is 0 Å². The number of nitro groups is 1. The summed E-state index contributed by atoms with van der Waals surface area (Å²) in [5.41, 5.74) is 7.53. The summed E-state index contributed by atoms with van der Waals surface area (Å²) in [6.45, 7) is 6.38. The van der Waals surface area contributed by atoms with Gasteiger partial charge in [-0.05, 0) is 28.9 Å². The Morgan fingerprint density at radius 3 is 2.53 bits per heavy atom. The largest absolute Gasteiger partial charge is 0.398 e. The van der Waals surface area contributed by atoms with Crippen LogP contribution in [0.25, 0.3) is 10.8 Å². The van der Waals surface area contributed by atoms with Crippen LogP contribution in [-0.2, 0) is 5.41 Å². The van der Waals surface area contributed by atoms with E-state index in [2.05, 4.69) is 20.8 Å². The molecule has 4 heteroatoms. The fraction of sp³-hybridized carbons (Fsp3) is 0.333. The van der Waals surface area contributed by atoms with Gasteiger partial charge in [0.25, 0.3) is 5.69 Å². The van der Waals surface area contributed by atoms with Crippen molar-refractivity contribution in [3.8, 4) is 0 Å². The number of nitro benzene ring substituents is 1. The van der Waals surface area contributed by atoms with E-state index in [1.807, 2.05) is 12.1 Å². The molecule has 2 rings (SSSR count). The molecule has 0 saturated heterocycles. The number of benzene rings is 2. The van der Waals surface area contributed by atoms with E-state index in [1.165, 1.54) is 6.07 Å². The van der Waals surface area contributed by atoms with E-state index in [-0.39, 0.29) is 16.0 Å². The molecule has 0 unspecified atom stereocenters. The first-order valence-electron chi connectivity index (χ1n) is 6.34. The standard InChI is InChI=1S/C15H18N2O2/c1-4-15(2,3)11-8-9-12(16)14-10(11)6-5-7-13(14)17(18)19/h5-9H,4,16H2,1-3H3. The van der Waals surface area contributed by atoms with Crippen LogP contribution < -0.4 is 5.73 Å². The number of non-ortho nitro benzene ring substituents is 1. The van der Waals surface area contributed by atoms with Crippen LogP contribution in [-0.4, -0.2) is 4.92 Å². The third-order valence-corrected chi connectivity index (χ3v) is 3.86. The molecule has 0 spiro atoms. The zero-order valence-corrected chi connectivity index (χ0v) is 11.4. The van der Waals surface area contributed by atoms with E-state index < -0.39 is 0 Å². The van der Waals surface area contributed by atoms with Crippen LogP contribution in [0.2, 0.25) is 0 Å². The zero-order valence-electron chi connectivity index (χ0n) is 11.4. The van der Waals surface area contributed by atoms with Crippen molar-refractivity contribution in [1.82, 2.24) is 0 Å². The summed E-state index contributed by atoms with van der Waals surface area (Å²) in [4.78, 5) is 10.8. The van der Waals surface area contributed by atoms with Gasteiger partial charge in [-0.1, -0.05) is 39.0 Å². The average Bonchev–Trinajstić information content (AvgIpc) is 2.38. The lowest BCUT2D eigenvalue weighted by Crippen LogP contribution is -2.16. The Balaban J connectivity index is 2.89. The molecular weight excluding hydrogens is 240 g/mol. The topological polar surface area (TPSA) is 69.2 Å². The highest BCUT2D eigenvalue weighted by atomic mass is 16.6. The van der Waals surface area contributed by atoms with Gasteiger partial charge in [-0.15, -0.1) is 0 Å². The maximum absolute atomic E-state index is 11.1. The van der Waals surface area contributed by atoms with Crippen molar-refractivity contribution in [2.24, 2.45) is 0 Å². The van der Waals surface area contributed by atoms with Crippen molar-refractivity contribution in [1.29, 1.82) is 0 Å².